The molecule has 0 bridgehead atoms. The number of benzene rings is 2. The van der Waals surface area contributed by atoms with E-state index in [1.807, 2.05) is 35.3 Å². The lowest BCUT2D eigenvalue weighted by Gasteiger charge is -2.07. The van der Waals surface area contributed by atoms with Gasteiger partial charge in [-0.1, -0.05) is 30.3 Å². The summed E-state index contributed by atoms with van der Waals surface area (Å²) in [7, 11) is 0. The SMILES string of the molecule is O=C(O)c1cn(-c2ccc3ccccc3c2)c(=O)[nH]c1=O. The average Bonchev–Trinajstić information content (AvgIpc) is 2.46. The minimum Gasteiger partial charge on any atom is -0.477 e. The van der Waals surface area contributed by atoms with Crippen LogP contribution in [0, 0.1) is 0 Å². The molecule has 0 radical (unpaired) electrons. The predicted molar refractivity (Wildman–Crippen MR) is 77.1 cm³/mol. The van der Waals surface area contributed by atoms with Gasteiger partial charge in [0.25, 0.3) is 5.56 Å². The number of carbonyl (C=O) groups is 1. The highest BCUT2D eigenvalue weighted by atomic mass is 16.4. The van der Waals surface area contributed by atoms with Gasteiger partial charge in [-0.05, 0) is 22.9 Å². The zero-order chi connectivity index (χ0) is 15.0. The van der Waals surface area contributed by atoms with Crippen LogP contribution in [0.5, 0.6) is 0 Å². The largest absolute Gasteiger partial charge is 0.477 e. The third-order valence-corrected chi connectivity index (χ3v) is 3.18. The first-order chi connectivity index (χ1) is 10.1. The summed E-state index contributed by atoms with van der Waals surface area (Å²) in [5, 5.41) is 10.9. The summed E-state index contributed by atoms with van der Waals surface area (Å²) in [6.07, 6.45) is 1.04. The molecule has 3 rings (SSSR count). The highest BCUT2D eigenvalue weighted by molar-refractivity contribution is 5.87. The van der Waals surface area contributed by atoms with Crippen molar-refractivity contribution >= 4 is 16.7 Å². The number of aromatic carboxylic acids is 1. The van der Waals surface area contributed by atoms with Crippen molar-refractivity contribution in [1.29, 1.82) is 0 Å². The number of fused-ring (bicyclic) bond motifs is 1. The van der Waals surface area contributed by atoms with Gasteiger partial charge in [0.2, 0.25) is 0 Å². The molecule has 6 heteroatoms. The van der Waals surface area contributed by atoms with E-state index in [1.54, 1.807) is 12.1 Å². The fourth-order valence-electron chi connectivity index (χ4n) is 2.14. The topological polar surface area (TPSA) is 92.2 Å². The Morgan fingerprint density at radius 1 is 1.05 bits per heavy atom. The Morgan fingerprint density at radius 3 is 2.48 bits per heavy atom. The molecule has 6 nitrogen and oxygen atoms in total. The third kappa shape index (κ3) is 2.23. The minimum absolute atomic E-state index is 0.484. The molecule has 0 saturated heterocycles. The molecular weight excluding hydrogens is 272 g/mol. The highest BCUT2D eigenvalue weighted by Gasteiger charge is 2.12. The summed E-state index contributed by atoms with van der Waals surface area (Å²) < 4.78 is 1.11. The van der Waals surface area contributed by atoms with E-state index in [1.165, 1.54) is 0 Å². The van der Waals surface area contributed by atoms with E-state index in [0.29, 0.717) is 5.69 Å². The number of hydrogen-bond acceptors (Lipinski definition) is 3. The van der Waals surface area contributed by atoms with Crippen LogP contribution in [-0.4, -0.2) is 20.6 Å². The summed E-state index contributed by atoms with van der Waals surface area (Å²) in [5.41, 5.74) is -1.59. The van der Waals surface area contributed by atoms with Crippen LogP contribution in [-0.2, 0) is 0 Å². The zero-order valence-corrected chi connectivity index (χ0v) is 10.7. The minimum atomic E-state index is -1.38. The molecule has 104 valence electrons. The molecule has 0 atom stereocenters. The quantitative estimate of drug-likeness (QED) is 0.742. The van der Waals surface area contributed by atoms with Crippen molar-refractivity contribution in [3.05, 3.63) is 75.1 Å². The van der Waals surface area contributed by atoms with Crippen molar-refractivity contribution in [1.82, 2.24) is 9.55 Å². The number of carboxylic acid groups (broad SMARTS) is 1. The number of rotatable bonds is 2. The number of aromatic nitrogens is 2. The van der Waals surface area contributed by atoms with E-state index in [-0.39, 0.29) is 0 Å². The Kier molecular flexibility index (Phi) is 2.91. The Morgan fingerprint density at radius 2 is 1.76 bits per heavy atom. The van der Waals surface area contributed by atoms with Gasteiger partial charge in [-0.25, -0.2) is 9.59 Å². The van der Waals surface area contributed by atoms with Gasteiger partial charge in [-0.2, -0.15) is 0 Å². The molecule has 0 unspecified atom stereocenters. The zero-order valence-electron chi connectivity index (χ0n) is 10.7. The van der Waals surface area contributed by atoms with Gasteiger partial charge >= 0.3 is 11.7 Å². The van der Waals surface area contributed by atoms with Crippen molar-refractivity contribution in [3.63, 3.8) is 0 Å². The van der Waals surface area contributed by atoms with Crippen molar-refractivity contribution < 1.29 is 9.90 Å². The van der Waals surface area contributed by atoms with Crippen LogP contribution in [0.3, 0.4) is 0 Å². The van der Waals surface area contributed by atoms with Crippen LogP contribution >= 0.6 is 0 Å². The number of carboxylic acids is 1. The molecule has 0 aliphatic heterocycles. The summed E-state index contributed by atoms with van der Waals surface area (Å²) in [5.74, 6) is -1.38. The molecule has 0 amide bonds. The first-order valence-corrected chi connectivity index (χ1v) is 6.15. The predicted octanol–water partition coefficient (Wildman–Crippen LogP) is 1.38. The molecular formula is C15H10N2O4. The van der Waals surface area contributed by atoms with Gasteiger partial charge < -0.3 is 5.11 Å². The second kappa shape index (κ2) is 4.75. The first-order valence-electron chi connectivity index (χ1n) is 6.15. The average molecular weight is 282 g/mol. The first kappa shape index (κ1) is 12.9. The van der Waals surface area contributed by atoms with Crippen molar-refractivity contribution in [2.45, 2.75) is 0 Å². The maximum Gasteiger partial charge on any atom is 0.342 e. The van der Waals surface area contributed by atoms with Gasteiger partial charge in [0.15, 0.2) is 0 Å². The summed E-state index contributed by atoms with van der Waals surface area (Å²) >= 11 is 0. The lowest BCUT2D eigenvalue weighted by molar-refractivity contribution is 0.0694. The third-order valence-electron chi connectivity index (χ3n) is 3.18. The molecule has 0 fully saturated rings. The molecule has 0 spiro atoms. The van der Waals surface area contributed by atoms with Gasteiger partial charge in [0, 0.05) is 6.20 Å². The summed E-state index contributed by atoms with van der Waals surface area (Å²) in [4.78, 5) is 36.3. The summed E-state index contributed by atoms with van der Waals surface area (Å²) in [6, 6.07) is 12.8. The molecule has 2 N–H and O–H groups in total. The number of nitrogens with one attached hydrogen (secondary N) is 1. The molecule has 1 heterocycles. The van der Waals surface area contributed by atoms with E-state index in [9.17, 15) is 14.4 Å². The highest BCUT2D eigenvalue weighted by Crippen LogP contribution is 2.17. The lowest BCUT2D eigenvalue weighted by Crippen LogP contribution is -2.32. The van der Waals surface area contributed by atoms with Crippen molar-refractivity contribution in [2.75, 3.05) is 0 Å². The van der Waals surface area contributed by atoms with Crippen LogP contribution in [0.1, 0.15) is 10.4 Å². The molecule has 1 aromatic heterocycles. The maximum absolute atomic E-state index is 11.9. The van der Waals surface area contributed by atoms with Crippen LogP contribution in [0.4, 0.5) is 0 Å². The van der Waals surface area contributed by atoms with Gasteiger partial charge in [-0.15, -0.1) is 0 Å². The van der Waals surface area contributed by atoms with Crippen LogP contribution in [0.25, 0.3) is 16.5 Å². The number of nitrogens with zero attached hydrogens (tertiary/aromatic N) is 1. The second-order valence-corrected chi connectivity index (χ2v) is 4.51. The van der Waals surface area contributed by atoms with E-state index in [4.69, 9.17) is 5.11 Å². The molecule has 0 saturated carbocycles. The van der Waals surface area contributed by atoms with Crippen LogP contribution in [0.2, 0.25) is 0 Å². The Bertz CT molecular complexity index is 969. The Balaban J connectivity index is 2.27. The van der Waals surface area contributed by atoms with Gasteiger partial charge in [0.1, 0.15) is 5.56 Å². The smallest absolute Gasteiger partial charge is 0.342 e. The maximum atomic E-state index is 11.9. The van der Waals surface area contributed by atoms with Gasteiger partial charge in [0.05, 0.1) is 5.69 Å². The fraction of sp³-hybridized carbons (Fsp3) is 0. The van der Waals surface area contributed by atoms with Crippen LogP contribution in [0.15, 0.2) is 58.3 Å². The lowest BCUT2D eigenvalue weighted by atomic mass is 10.1. The van der Waals surface area contributed by atoms with Crippen molar-refractivity contribution in [2.24, 2.45) is 0 Å². The standard InChI is InChI=1S/C15H10N2O4/c18-13-12(14(19)20)8-17(15(21)16-13)11-6-5-9-3-1-2-4-10(9)7-11/h1-8H,(H,19,20)(H,16,18,21). The normalized spacial score (nSPS) is 10.7. The number of H-pyrrole nitrogens is 1. The second-order valence-electron chi connectivity index (χ2n) is 4.51. The fourth-order valence-corrected chi connectivity index (χ4v) is 2.14. The number of hydrogen-bond donors (Lipinski definition) is 2. The molecule has 0 aliphatic rings. The molecule has 0 aliphatic carbocycles. The van der Waals surface area contributed by atoms with E-state index < -0.39 is 22.8 Å². The number of aromatic amines is 1. The molecule has 2 aromatic carbocycles. The van der Waals surface area contributed by atoms with E-state index >= 15 is 0 Å². The Hall–Kier alpha value is -3.15. The summed E-state index contributed by atoms with van der Waals surface area (Å²) in [6.45, 7) is 0. The molecule has 21 heavy (non-hydrogen) atoms. The van der Waals surface area contributed by atoms with Crippen molar-refractivity contribution in [3.8, 4) is 5.69 Å². The molecule has 3 aromatic rings. The van der Waals surface area contributed by atoms with Gasteiger partial charge in [-0.3, -0.25) is 14.3 Å². The van der Waals surface area contributed by atoms with E-state index in [0.717, 1.165) is 21.5 Å². The van der Waals surface area contributed by atoms with Crippen LogP contribution < -0.4 is 11.2 Å². The van der Waals surface area contributed by atoms with E-state index in [2.05, 4.69) is 0 Å². The monoisotopic (exact) mass is 282 g/mol. The Labute approximate surface area is 117 Å².